The van der Waals surface area contributed by atoms with E-state index in [0.29, 0.717) is 18.4 Å². The molecule has 0 aliphatic heterocycles. The second-order valence-corrected chi connectivity index (χ2v) is 5.90. The highest BCUT2D eigenvalue weighted by atomic mass is 16.4. The molecule has 128 valence electrons. The number of carbonyl (C=O) groups is 2. The Hall–Kier alpha value is -1.32. The lowest BCUT2D eigenvalue weighted by Gasteiger charge is -2.03. The monoisotopic (exact) mass is 312 g/mol. The van der Waals surface area contributed by atoms with Crippen LogP contribution in [-0.2, 0) is 9.59 Å². The normalized spacial score (nSPS) is 11.6. The van der Waals surface area contributed by atoms with Gasteiger partial charge in [0.2, 0.25) is 0 Å². The molecule has 0 fully saturated rings. The predicted molar refractivity (Wildman–Crippen MR) is 89.0 cm³/mol. The van der Waals surface area contributed by atoms with Crippen LogP contribution in [0.5, 0.6) is 0 Å². The standard InChI is InChI=1S/C18H32O4/c1-2-3-4-5-6-7-8-10-13-16(18(21)22)14-11-9-12-15-17(19)20/h13H,2-12,14-15H2,1H3,(H,19,20)(H,21,22). The van der Waals surface area contributed by atoms with Gasteiger partial charge in [-0.15, -0.1) is 0 Å². The summed E-state index contributed by atoms with van der Waals surface area (Å²) in [4.78, 5) is 21.5. The number of hydrogen-bond donors (Lipinski definition) is 2. The molecule has 4 nitrogen and oxygen atoms in total. The van der Waals surface area contributed by atoms with Crippen molar-refractivity contribution >= 4 is 11.9 Å². The summed E-state index contributed by atoms with van der Waals surface area (Å²) in [5, 5.41) is 17.7. The molecule has 0 aromatic carbocycles. The van der Waals surface area contributed by atoms with Gasteiger partial charge in [0.05, 0.1) is 0 Å². The van der Waals surface area contributed by atoms with Crippen LogP contribution < -0.4 is 0 Å². The SMILES string of the molecule is CCCCCCCCCC=C(CCCCCC(=O)O)C(=O)O. The fourth-order valence-electron chi connectivity index (χ4n) is 2.44. The Bertz CT molecular complexity index is 334. The molecule has 22 heavy (non-hydrogen) atoms. The van der Waals surface area contributed by atoms with Crippen molar-refractivity contribution in [2.24, 2.45) is 0 Å². The molecular weight excluding hydrogens is 280 g/mol. The minimum absolute atomic E-state index is 0.171. The van der Waals surface area contributed by atoms with E-state index in [2.05, 4.69) is 6.92 Å². The Labute approximate surface area is 134 Å². The molecule has 0 rings (SSSR count). The molecule has 2 N–H and O–H groups in total. The van der Waals surface area contributed by atoms with Gasteiger partial charge >= 0.3 is 11.9 Å². The molecule has 0 aliphatic carbocycles. The maximum atomic E-state index is 11.1. The summed E-state index contributed by atoms with van der Waals surface area (Å²) in [6, 6.07) is 0. The van der Waals surface area contributed by atoms with E-state index in [-0.39, 0.29) is 6.42 Å². The van der Waals surface area contributed by atoms with E-state index in [0.717, 1.165) is 25.7 Å². The molecule has 0 aromatic rings. The molecule has 0 aliphatic rings. The van der Waals surface area contributed by atoms with Gasteiger partial charge < -0.3 is 10.2 Å². The second kappa shape index (κ2) is 14.6. The van der Waals surface area contributed by atoms with Gasteiger partial charge in [-0.2, -0.15) is 0 Å². The van der Waals surface area contributed by atoms with Crippen molar-refractivity contribution in [2.45, 2.75) is 90.4 Å². The lowest BCUT2D eigenvalue weighted by atomic mass is 10.0. The summed E-state index contributed by atoms with van der Waals surface area (Å²) < 4.78 is 0. The van der Waals surface area contributed by atoms with Gasteiger partial charge in [0.1, 0.15) is 0 Å². The first kappa shape index (κ1) is 20.7. The Morgan fingerprint density at radius 1 is 0.773 bits per heavy atom. The maximum Gasteiger partial charge on any atom is 0.331 e. The van der Waals surface area contributed by atoms with Crippen LogP contribution in [0.3, 0.4) is 0 Å². The van der Waals surface area contributed by atoms with Crippen LogP contribution in [0.25, 0.3) is 0 Å². The number of carboxylic acid groups (broad SMARTS) is 2. The van der Waals surface area contributed by atoms with Gasteiger partial charge in [-0.3, -0.25) is 4.79 Å². The highest BCUT2D eigenvalue weighted by Crippen LogP contribution is 2.14. The minimum Gasteiger partial charge on any atom is -0.481 e. The van der Waals surface area contributed by atoms with Gasteiger partial charge in [0.15, 0.2) is 0 Å². The summed E-state index contributed by atoms with van der Waals surface area (Å²) in [6.07, 6.45) is 14.2. The lowest BCUT2D eigenvalue weighted by Crippen LogP contribution is -2.01. The Kier molecular flexibility index (Phi) is 13.7. The number of rotatable bonds is 15. The van der Waals surface area contributed by atoms with E-state index in [4.69, 9.17) is 10.2 Å². The zero-order chi connectivity index (χ0) is 16.6. The topological polar surface area (TPSA) is 74.6 Å². The number of aliphatic carboxylic acids is 2. The van der Waals surface area contributed by atoms with E-state index in [9.17, 15) is 9.59 Å². The van der Waals surface area contributed by atoms with Crippen molar-refractivity contribution in [3.63, 3.8) is 0 Å². The average Bonchev–Trinajstić information content (AvgIpc) is 2.46. The first-order valence-corrected chi connectivity index (χ1v) is 8.72. The van der Waals surface area contributed by atoms with Gasteiger partial charge in [0.25, 0.3) is 0 Å². The molecule has 0 heterocycles. The van der Waals surface area contributed by atoms with Crippen molar-refractivity contribution in [1.82, 2.24) is 0 Å². The summed E-state index contributed by atoms with van der Waals surface area (Å²) in [5.41, 5.74) is 0.487. The number of allylic oxidation sites excluding steroid dienone is 1. The van der Waals surface area contributed by atoms with Crippen molar-refractivity contribution in [3.8, 4) is 0 Å². The van der Waals surface area contributed by atoms with Crippen LogP contribution in [0.2, 0.25) is 0 Å². The fourth-order valence-corrected chi connectivity index (χ4v) is 2.44. The Morgan fingerprint density at radius 2 is 1.32 bits per heavy atom. The van der Waals surface area contributed by atoms with Crippen LogP contribution in [0, 0.1) is 0 Å². The number of carboxylic acids is 2. The fraction of sp³-hybridized carbons (Fsp3) is 0.778. The third-order valence-electron chi connectivity index (χ3n) is 3.81. The van der Waals surface area contributed by atoms with Crippen molar-refractivity contribution in [2.75, 3.05) is 0 Å². The Balaban J connectivity index is 3.73. The van der Waals surface area contributed by atoms with E-state index in [1.807, 2.05) is 6.08 Å². The van der Waals surface area contributed by atoms with Crippen molar-refractivity contribution in [3.05, 3.63) is 11.6 Å². The highest BCUT2D eigenvalue weighted by molar-refractivity contribution is 5.86. The largest absolute Gasteiger partial charge is 0.481 e. The molecular formula is C18H32O4. The number of hydrogen-bond acceptors (Lipinski definition) is 2. The minimum atomic E-state index is -0.832. The van der Waals surface area contributed by atoms with Crippen LogP contribution in [0.4, 0.5) is 0 Å². The summed E-state index contributed by atoms with van der Waals surface area (Å²) in [7, 11) is 0. The second-order valence-electron chi connectivity index (χ2n) is 5.90. The molecule has 0 radical (unpaired) electrons. The van der Waals surface area contributed by atoms with Crippen molar-refractivity contribution < 1.29 is 19.8 Å². The van der Waals surface area contributed by atoms with E-state index < -0.39 is 11.9 Å². The van der Waals surface area contributed by atoms with E-state index >= 15 is 0 Å². The number of unbranched alkanes of at least 4 members (excludes halogenated alkanes) is 9. The maximum absolute atomic E-state index is 11.1. The summed E-state index contributed by atoms with van der Waals surface area (Å²) >= 11 is 0. The quantitative estimate of drug-likeness (QED) is 0.323. The molecule has 0 atom stereocenters. The van der Waals surface area contributed by atoms with Crippen LogP contribution in [0.1, 0.15) is 90.4 Å². The van der Waals surface area contributed by atoms with Gasteiger partial charge in [-0.25, -0.2) is 4.79 Å². The highest BCUT2D eigenvalue weighted by Gasteiger charge is 2.06. The molecule has 0 saturated carbocycles. The summed E-state index contributed by atoms with van der Waals surface area (Å²) in [5.74, 6) is -1.62. The molecule has 0 bridgehead atoms. The zero-order valence-electron chi connectivity index (χ0n) is 14.0. The smallest absolute Gasteiger partial charge is 0.331 e. The molecule has 0 aromatic heterocycles. The van der Waals surface area contributed by atoms with Crippen molar-refractivity contribution in [1.29, 1.82) is 0 Å². The molecule has 0 spiro atoms. The van der Waals surface area contributed by atoms with Crippen LogP contribution >= 0.6 is 0 Å². The average molecular weight is 312 g/mol. The summed E-state index contributed by atoms with van der Waals surface area (Å²) in [6.45, 7) is 2.21. The molecule has 0 unspecified atom stereocenters. The Morgan fingerprint density at radius 3 is 1.91 bits per heavy atom. The molecule has 0 saturated heterocycles. The zero-order valence-corrected chi connectivity index (χ0v) is 14.0. The van der Waals surface area contributed by atoms with Crippen LogP contribution in [-0.4, -0.2) is 22.2 Å². The van der Waals surface area contributed by atoms with E-state index in [1.54, 1.807) is 0 Å². The van der Waals surface area contributed by atoms with Gasteiger partial charge in [-0.05, 0) is 32.1 Å². The predicted octanol–water partition coefficient (Wildman–Crippen LogP) is 5.17. The van der Waals surface area contributed by atoms with E-state index in [1.165, 1.54) is 38.5 Å². The van der Waals surface area contributed by atoms with Gasteiger partial charge in [-0.1, -0.05) is 57.9 Å². The van der Waals surface area contributed by atoms with Crippen LogP contribution in [0.15, 0.2) is 11.6 Å². The third kappa shape index (κ3) is 13.7. The lowest BCUT2D eigenvalue weighted by molar-refractivity contribution is -0.137. The molecule has 4 heteroatoms. The first-order valence-electron chi connectivity index (χ1n) is 8.72. The third-order valence-corrected chi connectivity index (χ3v) is 3.81. The van der Waals surface area contributed by atoms with Gasteiger partial charge in [0, 0.05) is 12.0 Å². The first-order chi connectivity index (χ1) is 10.6. The molecule has 0 amide bonds.